The summed E-state index contributed by atoms with van der Waals surface area (Å²) in [4.78, 5) is 11.5. The van der Waals surface area contributed by atoms with Gasteiger partial charge in [0, 0.05) is 26.2 Å². The van der Waals surface area contributed by atoms with Crippen molar-refractivity contribution >= 4 is 5.91 Å². The highest BCUT2D eigenvalue weighted by molar-refractivity contribution is 5.76. The standard InChI is InChI=1S/C11H22N2O2/c1-9-8-12-6-5-10(9)13-11(14)4-3-7-15-2/h9-10,12H,3-8H2,1-2H3,(H,13,14). The Kier molecular flexibility index (Phi) is 5.65. The molecule has 1 amide bonds. The number of ether oxygens (including phenoxy) is 1. The topological polar surface area (TPSA) is 50.4 Å². The van der Waals surface area contributed by atoms with Crippen LogP contribution < -0.4 is 10.6 Å². The van der Waals surface area contributed by atoms with Gasteiger partial charge >= 0.3 is 0 Å². The second-order valence-electron chi connectivity index (χ2n) is 4.24. The molecule has 0 aromatic carbocycles. The van der Waals surface area contributed by atoms with Crippen LogP contribution in [0.25, 0.3) is 0 Å². The minimum absolute atomic E-state index is 0.158. The molecule has 0 aromatic rings. The molecule has 2 atom stereocenters. The SMILES string of the molecule is COCCCC(=O)NC1CCNCC1C. The van der Waals surface area contributed by atoms with E-state index in [2.05, 4.69) is 17.6 Å². The number of nitrogens with one attached hydrogen (secondary N) is 2. The molecule has 1 fully saturated rings. The Morgan fingerprint density at radius 3 is 3.07 bits per heavy atom. The van der Waals surface area contributed by atoms with Gasteiger partial charge in [-0.2, -0.15) is 0 Å². The second kappa shape index (κ2) is 6.80. The van der Waals surface area contributed by atoms with Crippen LogP contribution in [0.5, 0.6) is 0 Å². The molecule has 0 spiro atoms. The maximum Gasteiger partial charge on any atom is 0.220 e. The first kappa shape index (κ1) is 12.5. The zero-order valence-corrected chi connectivity index (χ0v) is 9.71. The first-order valence-corrected chi connectivity index (χ1v) is 5.73. The van der Waals surface area contributed by atoms with Gasteiger partial charge in [0.15, 0.2) is 0 Å². The molecule has 0 radical (unpaired) electrons. The van der Waals surface area contributed by atoms with E-state index in [1.54, 1.807) is 7.11 Å². The van der Waals surface area contributed by atoms with E-state index in [0.717, 1.165) is 25.9 Å². The van der Waals surface area contributed by atoms with Crippen LogP contribution in [0.1, 0.15) is 26.2 Å². The molecular weight excluding hydrogens is 192 g/mol. The molecule has 2 N–H and O–H groups in total. The fourth-order valence-electron chi connectivity index (χ4n) is 1.88. The summed E-state index contributed by atoms with van der Waals surface area (Å²) >= 11 is 0. The Bertz CT molecular complexity index is 197. The number of methoxy groups -OCH3 is 1. The molecule has 1 aliphatic rings. The minimum atomic E-state index is 0.158. The lowest BCUT2D eigenvalue weighted by Gasteiger charge is -2.30. The van der Waals surface area contributed by atoms with Crippen molar-refractivity contribution in [2.24, 2.45) is 5.92 Å². The maximum atomic E-state index is 11.5. The van der Waals surface area contributed by atoms with Crippen molar-refractivity contribution in [3.8, 4) is 0 Å². The Balaban J connectivity index is 2.18. The van der Waals surface area contributed by atoms with Crippen molar-refractivity contribution in [1.29, 1.82) is 0 Å². The molecule has 1 saturated heterocycles. The smallest absolute Gasteiger partial charge is 0.220 e. The van der Waals surface area contributed by atoms with E-state index in [-0.39, 0.29) is 5.91 Å². The molecule has 1 heterocycles. The van der Waals surface area contributed by atoms with Gasteiger partial charge in [0.05, 0.1) is 0 Å². The van der Waals surface area contributed by atoms with E-state index >= 15 is 0 Å². The number of hydrogen-bond donors (Lipinski definition) is 2. The maximum absolute atomic E-state index is 11.5. The lowest BCUT2D eigenvalue weighted by molar-refractivity contribution is -0.122. The van der Waals surface area contributed by atoms with Gasteiger partial charge in [-0.15, -0.1) is 0 Å². The average molecular weight is 214 g/mol. The third-order valence-electron chi connectivity index (χ3n) is 2.88. The average Bonchev–Trinajstić information content (AvgIpc) is 2.22. The summed E-state index contributed by atoms with van der Waals surface area (Å²) in [5.41, 5.74) is 0. The van der Waals surface area contributed by atoms with E-state index in [9.17, 15) is 4.79 Å². The Labute approximate surface area is 91.8 Å². The first-order valence-electron chi connectivity index (χ1n) is 5.73. The molecule has 88 valence electrons. The van der Waals surface area contributed by atoms with Crippen LogP contribution in [0.3, 0.4) is 0 Å². The molecule has 4 nitrogen and oxygen atoms in total. The van der Waals surface area contributed by atoms with Crippen LogP contribution in [-0.4, -0.2) is 38.8 Å². The largest absolute Gasteiger partial charge is 0.385 e. The van der Waals surface area contributed by atoms with Crippen LogP contribution in [0.15, 0.2) is 0 Å². The predicted molar refractivity (Wildman–Crippen MR) is 59.7 cm³/mol. The number of piperidine rings is 1. The number of carbonyl (C=O) groups excluding carboxylic acids is 1. The quantitative estimate of drug-likeness (QED) is 0.656. The summed E-state index contributed by atoms with van der Waals surface area (Å²) in [5.74, 6) is 0.691. The highest BCUT2D eigenvalue weighted by Crippen LogP contribution is 2.10. The molecule has 1 rings (SSSR count). The van der Waals surface area contributed by atoms with E-state index in [1.165, 1.54) is 0 Å². The molecule has 2 unspecified atom stereocenters. The molecule has 0 saturated carbocycles. The zero-order chi connectivity index (χ0) is 11.1. The van der Waals surface area contributed by atoms with Gasteiger partial charge in [-0.1, -0.05) is 6.92 Å². The Hall–Kier alpha value is -0.610. The third-order valence-corrected chi connectivity index (χ3v) is 2.88. The highest BCUT2D eigenvalue weighted by atomic mass is 16.5. The van der Waals surface area contributed by atoms with Gasteiger partial charge in [-0.05, 0) is 31.8 Å². The summed E-state index contributed by atoms with van der Waals surface area (Å²) in [6.45, 7) is 4.85. The van der Waals surface area contributed by atoms with Crippen molar-refractivity contribution in [3.63, 3.8) is 0 Å². The highest BCUT2D eigenvalue weighted by Gasteiger charge is 2.21. The zero-order valence-electron chi connectivity index (χ0n) is 9.71. The first-order chi connectivity index (χ1) is 7.24. The van der Waals surface area contributed by atoms with Crippen molar-refractivity contribution in [2.45, 2.75) is 32.2 Å². The van der Waals surface area contributed by atoms with Gasteiger partial charge in [0.25, 0.3) is 0 Å². The summed E-state index contributed by atoms with van der Waals surface area (Å²) in [6.07, 6.45) is 2.42. The monoisotopic (exact) mass is 214 g/mol. The van der Waals surface area contributed by atoms with E-state index in [0.29, 0.717) is 25.0 Å². The number of amides is 1. The van der Waals surface area contributed by atoms with Gasteiger partial charge in [0.1, 0.15) is 0 Å². The Morgan fingerprint density at radius 2 is 2.40 bits per heavy atom. The summed E-state index contributed by atoms with van der Waals surface area (Å²) in [7, 11) is 1.66. The Morgan fingerprint density at radius 1 is 1.60 bits per heavy atom. The number of hydrogen-bond acceptors (Lipinski definition) is 3. The van der Waals surface area contributed by atoms with E-state index in [1.807, 2.05) is 0 Å². The summed E-state index contributed by atoms with van der Waals surface area (Å²) in [6, 6.07) is 0.348. The van der Waals surface area contributed by atoms with Gasteiger partial charge < -0.3 is 15.4 Å². The summed E-state index contributed by atoms with van der Waals surface area (Å²) < 4.78 is 4.91. The van der Waals surface area contributed by atoms with Crippen LogP contribution in [0.2, 0.25) is 0 Å². The number of carbonyl (C=O) groups is 1. The molecule has 0 aliphatic carbocycles. The van der Waals surface area contributed by atoms with Gasteiger partial charge in [-0.25, -0.2) is 0 Å². The van der Waals surface area contributed by atoms with Crippen LogP contribution >= 0.6 is 0 Å². The molecule has 0 bridgehead atoms. The normalized spacial score (nSPS) is 26.3. The molecule has 0 aromatic heterocycles. The van der Waals surface area contributed by atoms with Crippen molar-refractivity contribution in [1.82, 2.24) is 10.6 Å². The van der Waals surface area contributed by atoms with E-state index in [4.69, 9.17) is 4.74 Å². The number of rotatable bonds is 5. The predicted octanol–water partition coefficient (Wildman–Crippen LogP) is 0.527. The molecular formula is C11H22N2O2. The lowest BCUT2D eigenvalue weighted by atomic mass is 9.95. The second-order valence-corrected chi connectivity index (χ2v) is 4.24. The molecule has 1 aliphatic heterocycles. The van der Waals surface area contributed by atoms with Crippen LogP contribution in [-0.2, 0) is 9.53 Å². The lowest BCUT2D eigenvalue weighted by Crippen LogP contribution is -2.48. The van der Waals surface area contributed by atoms with Crippen molar-refractivity contribution < 1.29 is 9.53 Å². The minimum Gasteiger partial charge on any atom is -0.385 e. The third kappa shape index (κ3) is 4.62. The van der Waals surface area contributed by atoms with Crippen LogP contribution in [0.4, 0.5) is 0 Å². The fraction of sp³-hybridized carbons (Fsp3) is 0.909. The van der Waals surface area contributed by atoms with Crippen molar-refractivity contribution in [2.75, 3.05) is 26.8 Å². The van der Waals surface area contributed by atoms with Crippen LogP contribution in [0, 0.1) is 5.92 Å². The van der Waals surface area contributed by atoms with Gasteiger partial charge in [-0.3, -0.25) is 4.79 Å². The molecule has 4 heteroatoms. The summed E-state index contributed by atoms with van der Waals surface area (Å²) in [5, 5.41) is 6.41. The van der Waals surface area contributed by atoms with Gasteiger partial charge in [0.2, 0.25) is 5.91 Å². The van der Waals surface area contributed by atoms with E-state index < -0.39 is 0 Å². The molecule has 15 heavy (non-hydrogen) atoms. The fourth-order valence-corrected chi connectivity index (χ4v) is 1.88. The van der Waals surface area contributed by atoms with Crippen molar-refractivity contribution in [3.05, 3.63) is 0 Å².